The van der Waals surface area contributed by atoms with Crippen LogP contribution in [-0.2, 0) is 23.9 Å². The van der Waals surface area contributed by atoms with E-state index >= 15 is 0 Å². The molecule has 0 aromatic rings. The molecule has 0 amide bonds. The summed E-state index contributed by atoms with van der Waals surface area (Å²) in [6.45, 7) is 6.26. The number of ether oxygens (including phenoxy) is 2. The topological polar surface area (TPSA) is 89.9 Å². The second kappa shape index (κ2) is 51.3. The Balaban J connectivity index is 4.59. The molecule has 0 heterocycles. The van der Waals surface area contributed by atoms with Gasteiger partial charge in [0.1, 0.15) is 0 Å². The first-order valence-electron chi connectivity index (χ1n) is 28.2. The van der Waals surface area contributed by atoms with E-state index in [0.717, 1.165) is 70.6 Å². The fraction of sp³-hybridized carbons (Fsp3) is 0.912. The SMILES string of the molecule is CCCCCCCC/C=C\CCCCCCCC(=O)C(OC(=O)CCCCCCCCCCCCCCCCC)C(CO)OC(=O)CCCCCCCCCCCCCCCCC. The Bertz CT molecular complexity index is 993. The molecule has 2 unspecified atom stereocenters. The minimum Gasteiger partial charge on any atom is -0.455 e. The monoisotopic (exact) mass is 889 g/mol. The van der Waals surface area contributed by atoms with Crippen LogP contribution in [0.2, 0.25) is 0 Å². The molecule has 0 aliphatic carbocycles. The van der Waals surface area contributed by atoms with Gasteiger partial charge in [-0.05, 0) is 44.9 Å². The smallest absolute Gasteiger partial charge is 0.306 e. The molecule has 0 bridgehead atoms. The maximum absolute atomic E-state index is 13.5. The summed E-state index contributed by atoms with van der Waals surface area (Å²) in [6, 6.07) is 0. The molecule has 0 aromatic carbocycles. The number of allylic oxidation sites excluding steroid dienone is 2. The lowest BCUT2D eigenvalue weighted by Crippen LogP contribution is -2.43. The Morgan fingerprint density at radius 1 is 0.349 bits per heavy atom. The van der Waals surface area contributed by atoms with E-state index in [-0.39, 0.29) is 25.0 Å². The molecule has 2 atom stereocenters. The number of Topliss-reactive ketones (excluding diaryl/α,β-unsaturated/α-hetero) is 1. The number of esters is 2. The lowest BCUT2D eigenvalue weighted by molar-refractivity contribution is -0.175. The third-order valence-electron chi connectivity index (χ3n) is 13.0. The van der Waals surface area contributed by atoms with Crippen molar-refractivity contribution in [1.82, 2.24) is 0 Å². The zero-order valence-corrected chi connectivity index (χ0v) is 42.5. The number of carbonyl (C=O) groups is 3. The van der Waals surface area contributed by atoms with Crippen LogP contribution < -0.4 is 0 Å². The zero-order chi connectivity index (χ0) is 45.9. The summed E-state index contributed by atoms with van der Waals surface area (Å²) in [7, 11) is 0. The van der Waals surface area contributed by atoms with Gasteiger partial charge in [-0.2, -0.15) is 0 Å². The quantitative estimate of drug-likeness (QED) is 0.0372. The molecule has 0 fully saturated rings. The fourth-order valence-electron chi connectivity index (χ4n) is 8.77. The number of ketones is 1. The number of hydrogen-bond donors (Lipinski definition) is 1. The van der Waals surface area contributed by atoms with E-state index < -0.39 is 30.8 Å². The van der Waals surface area contributed by atoms with E-state index in [1.807, 2.05) is 0 Å². The van der Waals surface area contributed by atoms with Crippen molar-refractivity contribution in [2.24, 2.45) is 0 Å². The van der Waals surface area contributed by atoms with Crippen LogP contribution >= 0.6 is 0 Å². The molecule has 6 nitrogen and oxygen atoms in total. The molecule has 6 heteroatoms. The van der Waals surface area contributed by atoms with Gasteiger partial charge in [0.25, 0.3) is 0 Å². The molecule has 372 valence electrons. The van der Waals surface area contributed by atoms with Crippen molar-refractivity contribution < 1.29 is 29.0 Å². The molecule has 0 saturated carbocycles. The van der Waals surface area contributed by atoms with E-state index in [0.29, 0.717) is 6.42 Å². The first-order chi connectivity index (χ1) is 31.0. The molecule has 0 radical (unpaired) electrons. The summed E-state index contributed by atoms with van der Waals surface area (Å²) in [5.74, 6) is -1.12. The number of aliphatic hydroxyl groups is 1. The number of aliphatic hydroxyl groups excluding tert-OH is 1. The lowest BCUT2D eigenvalue weighted by Gasteiger charge is -2.25. The summed E-state index contributed by atoms with van der Waals surface area (Å²) < 4.78 is 11.4. The molecule has 63 heavy (non-hydrogen) atoms. The van der Waals surface area contributed by atoms with Crippen LogP contribution in [0.4, 0.5) is 0 Å². The second-order valence-electron chi connectivity index (χ2n) is 19.3. The first-order valence-corrected chi connectivity index (χ1v) is 28.2. The third-order valence-corrected chi connectivity index (χ3v) is 13.0. The van der Waals surface area contributed by atoms with Crippen molar-refractivity contribution >= 4 is 17.7 Å². The number of carbonyl (C=O) groups excluding carboxylic acids is 3. The van der Waals surface area contributed by atoms with Crippen LogP contribution in [-0.4, -0.2) is 41.6 Å². The van der Waals surface area contributed by atoms with E-state index in [1.165, 1.54) is 199 Å². The van der Waals surface area contributed by atoms with Gasteiger partial charge in [0.15, 0.2) is 18.0 Å². The maximum Gasteiger partial charge on any atom is 0.306 e. The highest BCUT2D eigenvalue weighted by molar-refractivity contribution is 5.86. The van der Waals surface area contributed by atoms with Crippen molar-refractivity contribution in [2.75, 3.05) is 6.61 Å². The number of hydrogen-bond acceptors (Lipinski definition) is 6. The van der Waals surface area contributed by atoms with Gasteiger partial charge in [0, 0.05) is 19.3 Å². The molecule has 0 rings (SSSR count). The van der Waals surface area contributed by atoms with Gasteiger partial charge in [-0.15, -0.1) is 0 Å². The van der Waals surface area contributed by atoms with Crippen molar-refractivity contribution in [1.29, 1.82) is 0 Å². The van der Waals surface area contributed by atoms with Crippen LogP contribution in [0.1, 0.15) is 316 Å². The molecular formula is C57H108O6. The predicted molar refractivity (Wildman–Crippen MR) is 270 cm³/mol. The molecule has 0 aliphatic heterocycles. The van der Waals surface area contributed by atoms with Crippen LogP contribution in [0.25, 0.3) is 0 Å². The Kier molecular flexibility index (Phi) is 49.9. The van der Waals surface area contributed by atoms with Crippen LogP contribution in [0.3, 0.4) is 0 Å². The summed E-state index contributed by atoms with van der Waals surface area (Å²) in [6.07, 6.45) is 55.8. The highest BCUT2D eigenvalue weighted by Crippen LogP contribution is 2.19. The Labute approximate surface area is 392 Å². The van der Waals surface area contributed by atoms with Crippen molar-refractivity contribution in [3.63, 3.8) is 0 Å². The normalized spacial score (nSPS) is 12.6. The average Bonchev–Trinajstić information content (AvgIpc) is 3.28. The standard InChI is InChI=1S/C57H108O6/c1-4-7-10-13-16-19-22-25-28-31-34-37-40-43-46-49-53(59)57(63-56(61)51-48-45-42-39-36-33-30-27-24-21-18-15-12-9-6-3)54(52-58)62-55(60)50-47-44-41-38-35-32-29-26-23-20-17-14-11-8-5-2/h25,28,54,57-58H,4-24,26-27,29-52H2,1-3H3/b28-25-. The van der Waals surface area contributed by atoms with Gasteiger partial charge in [-0.25, -0.2) is 0 Å². The lowest BCUT2D eigenvalue weighted by atomic mass is 10.0. The fourth-order valence-corrected chi connectivity index (χ4v) is 8.77. The molecular weight excluding hydrogens is 781 g/mol. The Hall–Kier alpha value is -1.69. The minimum atomic E-state index is -1.25. The minimum absolute atomic E-state index is 0.237. The Morgan fingerprint density at radius 3 is 0.905 bits per heavy atom. The van der Waals surface area contributed by atoms with Crippen molar-refractivity contribution in [2.45, 2.75) is 328 Å². The second-order valence-corrected chi connectivity index (χ2v) is 19.3. The molecule has 1 N–H and O–H groups in total. The predicted octanol–water partition coefficient (Wildman–Crippen LogP) is 17.9. The van der Waals surface area contributed by atoms with Gasteiger partial charge < -0.3 is 14.6 Å². The van der Waals surface area contributed by atoms with Gasteiger partial charge in [-0.3, -0.25) is 14.4 Å². The zero-order valence-electron chi connectivity index (χ0n) is 42.5. The Morgan fingerprint density at radius 2 is 0.603 bits per heavy atom. The summed E-state index contributed by atoms with van der Waals surface area (Å²) in [4.78, 5) is 39.5. The van der Waals surface area contributed by atoms with Crippen LogP contribution in [0, 0.1) is 0 Å². The average molecular weight is 889 g/mol. The van der Waals surface area contributed by atoms with E-state index in [1.54, 1.807) is 0 Å². The number of unbranched alkanes of at least 4 members (excludes halogenated alkanes) is 39. The summed E-state index contributed by atoms with van der Waals surface area (Å²) in [5.41, 5.74) is 0. The van der Waals surface area contributed by atoms with Gasteiger partial charge in [0.05, 0.1) is 6.61 Å². The van der Waals surface area contributed by atoms with E-state index in [4.69, 9.17) is 9.47 Å². The van der Waals surface area contributed by atoms with Crippen molar-refractivity contribution in [3.8, 4) is 0 Å². The molecule has 0 aromatic heterocycles. The van der Waals surface area contributed by atoms with E-state index in [2.05, 4.69) is 32.9 Å². The molecule has 0 spiro atoms. The van der Waals surface area contributed by atoms with Crippen LogP contribution in [0.15, 0.2) is 12.2 Å². The number of rotatable bonds is 52. The van der Waals surface area contributed by atoms with Gasteiger partial charge in [0.2, 0.25) is 0 Å². The van der Waals surface area contributed by atoms with Crippen molar-refractivity contribution in [3.05, 3.63) is 12.2 Å². The maximum atomic E-state index is 13.5. The first kappa shape index (κ1) is 61.3. The highest BCUT2D eigenvalue weighted by Gasteiger charge is 2.34. The largest absolute Gasteiger partial charge is 0.455 e. The highest BCUT2D eigenvalue weighted by atomic mass is 16.6. The van der Waals surface area contributed by atoms with Gasteiger partial charge >= 0.3 is 11.9 Å². The summed E-state index contributed by atoms with van der Waals surface area (Å²) >= 11 is 0. The molecule has 0 saturated heterocycles. The van der Waals surface area contributed by atoms with Gasteiger partial charge in [-0.1, -0.05) is 264 Å². The van der Waals surface area contributed by atoms with E-state index in [9.17, 15) is 19.5 Å². The molecule has 0 aliphatic rings. The summed E-state index contributed by atoms with van der Waals surface area (Å²) in [5, 5.41) is 10.3. The third kappa shape index (κ3) is 45.3. The van der Waals surface area contributed by atoms with Crippen LogP contribution in [0.5, 0.6) is 0 Å².